The molecule has 132 valence electrons. The van der Waals surface area contributed by atoms with Gasteiger partial charge in [-0.15, -0.1) is 0 Å². The minimum Gasteiger partial charge on any atom is -0.342 e. The average molecular weight is 397 g/mol. The van der Waals surface area contributed by atoms with Crippen molar-refractivity contribution >= 4 is 33.6 Å². The number of halogens is 1. The van der Waals surface area contributed by atoms with Crippen molar-refractivity contribution in [2.24, 2.45) is 11.1 Å². The Morgan fingerprint density at radius 3 is 2.62 bits per heavy atom. The SMILES string of the molecule is CC1(C)CN(C(=O)CCNC(=O)Nc2ccc(Br)cc2)CCC1N. The molecule has 0 radical (unpaired) electrons. The summed E-state index contributed by atoms with van der Waals surface area (Å²) in [4.78, 5) is 25.9. The minimum absolute atomic E-state index is 0.0546. The fourth-order valence-electron chi connectivity index (χ4n) is 2.74. The first-order valence-corrected chi connectivity index (χ1v) is 8.91. The molecule has 0 saturated carbocycles. The zero-order valence-corrected chi connectivity index (χ0v) is 15.7. The summed E-state index contributed by atoms with van der Waals surface area (Å²) in [5.41, 5.74) is 6.72. The van der Waals surface area contributed by atoms with Crippen LogP contribution >= 0.6 is 15.9 Å². The maximum Gasteiger partial charge on any atom is 0.319 e. The summed E-state index contributed by atoms with van der Waals surface area (Å²) in [5.74, 6) is 0.0546. The number of amides is 3. The Kier molecular flexibility index (Phi) is 6.23. The molecule has 4 N–H and O–H groups in total. The Labute approximate surface area is 151 Å². The van der Waals surface area contributed by atoms with Crippen molar-refractivity contribution in [2.45, 2.75) is 32.7 Å². The molecule has 1 aliphatic heterocycles. The molecule has 0 spiro atoms. The molecular formula is C17H25BrN4O2. The molecule has 6 nitrogen and oxygen atoms in total. The average Bonchev–Trinajstić information content (AvgIpc) is 2.52. The molecule has 1 fully saturated rings. The number of nitrogens with two attached hydrogens (primary N) is 1. The van der Waals surface area contributed by atoms with E-state index in [9.17, 15) is 9.59 Å². The maximum absolute atomic E-state index is 12.3. The number of nitrogens with zero attached hydrogens (tertiary/aromatic N) is 1. The van der Waals surface area contributed by atoms with E-state index in [0.29, 0.717) is 31.7 Å². The standard InChI is InChI=1S/C17H25BrN4O2/c1-17(2)11-22(10-8-14(17)19)15(23)7-9-20-16(24)21-13-5-3-12(18)4-6-13/h3-6,14H,7-11,19H2,1-2H3,(H2,20,21,24). The zero-order chi connectivity index (χ0) is 17.7. The highest BCUT2D eigenvalue weighted by Gasteiger charge is 2.34. The highest BCUT2D eigenvalue weighted by atomic mass is 79.9. The van der Waals surface area contributed by atoms with Gasteiger partial charge in [-0.2, -0.15) is 0 Å². The predicted octanol–water partition coefficient (Wildman–Crippen LogP) is 2.55. The number of nitrogens with one attached hydrogen (secondary N) is 2. The van der Waals surface area contributed by atoms with Crippen LogP contribution in [0.5, 0.6) is 0 Å². The van der Waals surface area contributed by atoms with Gasteiger partial charge >= 0.3 is 6.03 Å². The first kappa shape index (κ1) is 18.7. The number of carbonyl (C=O) groups is 2. The lowest BCUT2D eigenvalue weighted by atomic mass is 9.79. The van der Waals surface area contributed by atoms with E-state index in [1.807, 2.05) is 17.0 Å². The van der Waals surface area contributed by atoms with Gasteiger partial charge in [0, 0.05) is 42.3 Å². The van der Waals surface area contributed by atoms with Crippen molar-refractivity contribution in [2.75, 3.05) is 25.0 Å². The van der Waals surface area contributed by atoms with Gasteiger partial charge < -0.3 is 21.3 Å². The van der Waals surface area contributed by atoms with E-state index in [-0.39, 0.29) is 23.4 Å². The number of urea groups is 1. The molecule has 3 amide bonds. The predicted molar refractivity (Wildman–Crippen MR) is 98.7 cm³/mol. The van der Waals surface area contributed by atoms with Crippen LogP contribution < -0.4 is 16.4 Å². The molecule has 0 aliphatic carbocycles. The molecule has 1 unspecified atom stereocenters. The largest absolute Gasteiger partial charge is 0.342 e. The molecule has 7 heteroatoms. The Balaban J connectivity index is 1.72. The number of hydrogen-bond acceptors (Lipinski definition) is 3. The molecule has 1 aromatic carbocycles. The summed E-state index contributed by atoms with van der Waals surface area (Å²) in [6, 6.07) is 7.11. The lowest BCUT2D eigenvalue weighted by Crippen LogP contribution is -2.54. The molecule has 2 rings (SSSR count). The summed E-state index contributed by atoms with van der Waals surface area (Å²) in [7, 11) is 0. The second-order valence-electron chi connectivity index (χ2n) is 6.84. The van der Waals surface area contributed by atoms with E-state index in [4.69, 9.17) is 5.73 Å². The van der Waals surface area contributed by atoms with Crippen molar-refractivity contribution in [1.82, 2.24) is 10.2 Å². The second kappa shape index (κ2) is 7.98. The van der Waals surface area contributed by atoms with Gasteiger partial charge in [0.05, 0.1) is 0 Å². The topological polar surface area (TPSA) is 87.5 Å². The molecule has 0 aromatic heterocycles. The van der Waals surface area contributed by atoms with Gasteiger partial charge in [0.1, 0.15) is 0 Å². The lowest BCUT2D eigenvalue weighted by Gasteiger charge is -2.42. The van der Waals surface area contributed by atoms with Gasteiger partial charge in [-0.05, 0) is 36.1 Å². The van der Waals surface area contributed by atoms with Crippen LogP contribution in [0, 0.1) is 5.41 Å². The van der Waals surface area contributed by atoms with Gasteiger partial charge in [-0.1, -0.05) is 29.8 Å². The molecular weight excluding hydrogens is 372 g/mol. The van der Waals surface area contributed by atoms with Crippen LogP contribution in [-0.2, 0) is 4.79 Å². The highest BCUT2D eigenvalue weighted by Crippen LogP contribution is 2.27. The monoisotopic (exact) mass is 396 g/mol. The summed E-state index contributed by atoms with van der Waals surface area (Å²) in [5, 5.41) is 5.44. The summed E-state index contributed by atoms with van der Waals surface area (Å²) in [6.07, 6.45) is 1.11. The van der Waals surface area contributed by atoms with Gasteiger partial charge in [0.25, 0.3) is 0 Å². The van der Waals surface area contributed by atoms with Crippen molar-refractivity contribution in [3.63, 3.8) is 0 Å². The molecule has 1 saturated heterocycles. The molecule has 1 aromatic rings. The maximum atomic E-state index is 12.3. The zero-order valence-electron chi connectivity index (χ0n) is 14.1. The number of anilines is 1. The quantitative estimate of drug-likeness (QED) is 0.730. The molecule has 24 heavy (non-hydrogen) atoms. The van der Waals surface area contributed by atoms with Crippen LogP contribution in [-0.4, -0.2) is 42.5 Å². The Morgan fingerprint density at radius 1 is 1.33 bits per heavy atom. The van der Waals surface area contributed by atoms with Crippen molar-refractivity contribution in [3.05, 3.63) is 28.7 Å². The Morgan fingerprint density at radius 2 is 2.00 bits per heavy atom. The van der Waals surface area contributed by atoms with Gasteiger partial charge in [-0.3, -0.25) is 4.79 Å². The van der Waals surface area contributed by atoms with E-state index < -0.39 is 0 Å². The van der Waals surface area contributed by atoms with Gasteiger partial charge in [0.2, 0.25) is 5.91 Å². The smallest absolute Gasteiger partial charge is 0.319 e. The van der Waals surface area contributed by atoms with Crippen molar-refractivity contribution in [3.8, 4) is 0 Å². The number of benzene rings is 1. The number of carbonyl (C=O) groups excluding carboxylic acids is 2. The number of piperidine rings is 1. The van der Waals surface area contributed by atoms with Crippen LogP contribution in [0.25, 0.3) is 0 Å². The van der Waals surface area contributed by atoms with E-state index >= 15 is 0 Å². The fraction of sp³-hybridized carbons (Fsp3) is 0.529. The third kappa shape index (κ3) is 5.21. The molecule has 1 atom stereocenters. The highest BCUT2D eigenvalue weighted by molar-refractivity contribution is 9.10. The van der Waals surface area contributed by atoms with E-state index in [1.165, 1.54) is 0 Å². The normalized spacial score (nSPS) is 19.7. The third-order valence-corrected chi connectivity index (χ3v) is 4.92. The third-order valence-electron chi connectivity index (χ3n) is 4.39. The number of rotatable bonds is 4. The lowest BCUT2D eigenvalue weighted by molar-refractivity contribution is -0.134. The number of likely N-dealkylation sites (tertiary alicyclic amines) is 1. The van der Waals surface area contributed by atoms with Crippen molar-refractivity contribution < 1.29 is 9.59 Å². The summed E-state index contributed by atoms with van der Waals surface area (Å²) >= 11 is 3.34. The summed E-state index contributed by atoms with van der Waals surface area (Å²) in [6.45, 7) is 5.83. The summed E-state index contributed by atoms with van der Waals surface area (Å²) < 4.78 is 0.947. The van der Waals surface area contributed by atoms with Crippen LogP contribution in [0.4, 0.5) is 10.5 Å². The molecule has 1 aliphatic rings. The van der Waals surface area contributed by atoms with E-state index in [0.717, 1.165) is 10.9 Å². The second-order valence-corrected chi connectivity index (χ2v) is 7.75. The fourth-order valence-corrected chi connectivity index (χ4v) is 3.00. The molecule has 0 bridgehead atoms. The van der Waals surface area contributed by atoms with E-state index in [2.05, 4.69) is 40.4 Å². The minimum atomic E-state index is -0.314. The van der Waals surface area contributed by atoms with Gasteiger partial charge in [-0.25, -0.2) is 4.79 Å². The Hall–Kier alpha value is -1.60. The van der Waals surface area contributed by atoms with Crippen molar-refractivity contribution in [1.29, 1.82) is 0 Å². The van der Waals surface area contributed by atoms with E-state index in [1.54, 1.807) is 12.1 Å². The van der Waals surface area contributed by atoms with Crippen LogP contribution in [0.3, 0.4) is 0 Å². The Bertz CT molecular complexity index is 589. The van der Waals surface area contributed by atoms with Crippen LogP contribution in [0.1, 0.15) is 26.7 Å². The first-order chi connectivity index (χ1) is 11.3. The van der Waals surface area contributed by atoms with Crippen LogP contribution in [0.15, 0.2) is 28.7 Å². The molecule has 1 heterocycles. The first-order valence-electron chi connectivity index (χ1n) is 8.12. The van der Waals surface area contributed by atoms with Crippen LogP contribution in [0.2, 0.25) is 0 Å². The number of hydrogen-bond donors (Lipinski definition) is 3. The van der Waals surface area contributed by atoms with Gasteiger partial charge in [0.15, 0.2) is 0 Å².